The molecule has 1 aromatic carbocycles. The molecule has 0 unspecified atom stereocenters. The van der Waals surface area contributed by atoms with Crippen molar-refractivity contribution >= 4 is 10.2 Å². The highest BCUT2D eigenvalue weighted by atomic mass is 32.2. The van der Waals surface area contributed by atoms with Crippen molar-refractivity contribution in [1.29, 1.82) is 0 Å². The van der Waals surface area contributed by atoms with E-state index in [-0.39, 0.29) is 19.5 Å². The maximum atomic E-state index is 12.6. The molecule has 0 atom stereocenters. The summed E-state index contributed by atoms with van der Waals surface area (Å²) in [6.07, 6.45) is -3.79. The maximum absolute atomic E-state index is 12.6. The van der Waals surface area contributed by atoms with Crippen LogP contribution < -0.4 is 5.14 Å². The molecule has 0 radical (unpaired) electrons. The molecule has 0 aromatic heterocycles. The van der Waals surface area contributed by atoms with E-state index in [2.05, 4.69) is 0 Å². The smallest absolute Gasteiger partial charge is 0.216 e. The van der Waals surface area contributed by atoms with Crippen molar-refractivity contribution in [2.24, 2.45) is 5.14 Å². The largest absolute Gasteiger partial charge is 0.416 e. The van der Waals surface area contributed by atoms with Gasteiger partial charge in [0.1, 0.15) is 0 Å². The molecule has 0 amide bonds. The number of nitrogens with two attached hydrogens (primary N) is 1. The standard InChI is InChI=1S/C11H13F3N2O2S/c12-11(13,14)10-2-1-8-3-5-16(19(15,17)18)6-4-9(8)7-10/h1-2,7H,3-6H2,(H2,15,17,18). The fourth-order valence-electron chi connectivity index (χ4n) is 2.14. The van der Waals surface area contributed by atoms with Crippen molar-refractivity contribution in [3.8, 4) is 0 Å². The van der Waals surface area contributed by atoms with E-state index >= 15 is 0 Å². The lowest BCUT2D eigenvalue weighted by Crippen LogP contribution is -2.38. The Bertz CT molecular complexity index is 584. The van der Waals surface area contributed by atoms with Gasteiger partial charge in [0, 0.05) is 13.1 Å². The van der Waals surface area contributed by atoms with E-state index in [0.29, 0.717) is 12.0 Å². The molecule has 0 saturated heterocycles. The van der Waals surface area contributed by atoms with Crippen LogP contribution in [0, 0.1) is 0 Å². The fourth-order valence-corrected chi connectivity index (χ4v) is 2.83. The summed E-state index contributed by atoms with van der Waals surface area (Å²) in [6.45, 7) is 0.296. The number of hydrogen-bond donors (Lipinski definition) is 1. The number of rotatable bonds is 1. The second-order valence-corrected chi connectivity index (χ2v) is 5.97. The second-order valence-electron chi connectivity index (χ2n) is 4.43. The minimum atomic E-state index is -4.39. The number of halogens is 3. The first-order valence-electron chi connectivity index (χ1n) is 5.65. The summed E-state index contributed by atoms with van der Waals surface area (Å²) in [6, 6.07) is 3.51. The van der Waals surface area contributed by atoms with Crippen LogP contribution in [-0.4, -0.2) is 25.8 Å². The van der Waals surface area contributed by atoms with Crippen LogP contribution >= 0.6 is 0 Å². The summed E-state index contributed by atoms with van der Waals surface area (Å²) in [5.74, 6) is 0. The summed E-state index contributed by atoms with van der Waals surface area (Å²) in [7, 11) is -3.79. The number of alkyl halides is 3. The van der Waals surface area contributed by atoms with Crippen LogP contribution in [-0.2, 0) is 29.2 Å². The Morgan fingerprint density at radius 1 is 1.11 bits per heavy atom. The molecule has 106 valence electrons. The molecule has 0 saturated carbocycles. The van der Waals surface area contributed by atoms with E-state index in [1.54, 1.807) is 0 Å². The Hall–Kier alpha value is -1.12. The van der Waals surface area contributed by atoms with Gasteiger partial charge in [-0.05, 0) is 36.1 Å². The van der Waals surface area contributed by atoms with Crippen LogP contribution in [0.25, 0.3) is 0 Å². The summed E-state index contributed by atoms with van der Waals surface area (Å²) in [5.41, 5.74) is 0.551. The van der Waals surface area contributed by atoms with Gasteiger partial charge in [0.05, 0.1) is 5.56 Å². The molecular weight excluding hydrogens is 281 g/mol. The molecule has 0 fully saturated rings. The highest BCUT2D eigenvalue weighted by Crippen LogP contribution is 2.31. The van der Waals surface area contributed by atoms with Crippen LogP contribution in [0.5, 0.6) is 0 Å². The third-order valence-electron chi connectivity index (χ3n) is 3.15. The Morgan fingerprint density at radius 3 is 2.21 bits per heavy atom. The molecule has 1 aliphatic heterocycles. The minimum absolute atomic E-state index is 0.104. The first-order valence-corrected chi connectivity index (χ1v) is 7.15. The van der Waals surface area contributed by atoms with Crippen LogP contribution in [0.3, 0.4) is 0 Å². The van der Waals surface area contributed by atoms with Gasteiger partial charge in [0.2, 0.25) is 0 Å². The van der Waals surface area contributed by atoms with E-state index in [1.165, 1.54) is 6.07 Å². The van der Waals surface area contributed by atoms with Gasteiger partial charge in [-0.1, -0.05) is 6.07 Å². The van der Waals surface area contributed by atoms with Crippen molar-refractivity contribution in [2.75, 3.05) is 13.1 Å². The molecule has 8 heteroatoms. The topological polar surface area (TPSA) is 63.4 Å². The fraction of sp³-hybridized carbons (Fsp3) is 0.455. The van der Waals surface area contributed by atoms with E-state index < -0.39 is 21.9 Å². The molecule has 2 N–H and O–H groups in total. The van der Waals surface area contributed by atoms with E-state index in [4.69, 9.17) is 5.14 Å². The number of nitrogens with zero attached hydrogens (tertiary/aromatic N) is 1. The molecule has 0 aliphatic carbocycles. The number of hydrogen-bond acceptors (Lipinski definition) is 2. The van der Waals surface area contributed by atoms with E-state index in [9.17, 15) is 21.6 Å². The molecule has 4 nitrogen and oxygen atoms in total. The Labute approximate surface area is 109 Å². The monoisotopic (exact) mass is 294 g/mol. The summed E-state index contributed by atoms with van der Waals surface area (Å²) < 4.78 is 61.4. The van der Waals surface area contributed by atoms with Crippen LogP contribution in [0.4, 0.5) is 13.2 Å². The zero-order chi connectivity index (χ0) is 14.3. The van der Waals surface area contributed by atoms with Crippen LogP contribution in [0.1, 0.15) is 16.7 Å². The second kappa shape index (κ2) is 4.77. The Kier molecular flexibility index (Phi) is 3.59. The van der Waals surface area contributed by atoms with Gasteiger partial charge in [-0.15, -0.1) is 0 Å². The van der Waals surface area contributed by atoms with Crippen molar-refractivity contribution < 1.29 is 21.6 Å². The van der Waals surface area contributed by atoms with Crippen molar-refractivity contribution in [1.82, 2.24) is 4.31 Å². The highest BCUT2D eigenvalue weighted by Gasteiger charge is 2.31. The zero-order valence-corrected chi connectivity index (χ0v) is 10.8. The zero-order valence-electron chi connectivity index (χ0n) is 9.94. The molecular formula is C11H13F3N2O2S. The van der Waals surface area contributed by atoms with Gasteiger partial charge in [-0.25, -0.2) is 5.14 Å². The van der Waals surface area contributed by atoms with Crippen LogP contribution in [0.2, 0.25) is 0 Å². The summed E-state index contributed by atoms with van der Waals surface area (Å²) in [5, 5.41) is 5.03. The SMILES string of the molecule is NS(=O)(=O)N1CCc2ccc(C(F)(F)F)cc2CC1. The van der Waals surface area contributed by atoms with Crippen molar-refractivity contribution in [3.63, 3.8) is 0 Å². The van der Waals surface area contributed by atoms with Gasteiger partial charge in [-0.2, -0.15) is 25.9 Å². The molecule has 1 aliphatic rings. The first-order chi connectivity index (χ1) is 8.68. The number of benzene rings is 1. The lowest BCUT2D eigenvalue weighted by molar-refractivity contribution is -0.137. The average molecular weight is 294 g/mol. The molecule has 1 aromatic rings. The lowest BCUT2D eigenvalue weighted by atomic mass is 10.00. The third-order valence-corrected chi connectivity index (χ3v) is 4.24. The lowest BCUT2D eigenvalue weighted by Gasteiger charge is -2.15. The molecule has 1 heterocycles. The summed E-state index contributed by atoms with van der Waals surface area (Å²) in [4.78, 5) is 0. The van der Waals surface area contributed by atoms with Crippen molar-refractivity contribution in [3.05, 3.63) is 34.9 Å². The molecule has 0 spiro atoms. The normalized spacial score (nSPS) is 17.9. The molecule has 19 heavy (non-hydrogen) atoms. The molecule has 0 bridgehead atoms. The number of fused-ring (bicyclic) bond motifs is 1. The van der Waals surface area contributed by atoms with Crippen LogP contribution in [0.15, 0.2) is 18.2 Å². The highest BCUT2D eigenvalue weighted by molar-refractivity contribution is 7.86. The predicted molar refractivity (Wildman–Crippen MR) is 63.5 cm³/mol. The van der Waals surface area contributed by atoms with Gasteiger partial charge in [0.25, 0.3) is 10.2 Å². The maximum Gasteiger partial charge on any atom is 0.416 e. The van der Waals surface area contributed by atoms with Gasteiger partial charge < -0.3 is 0 Å². The first kappa shape index (κ1) is 14.3. The minimum Gasteiger partial charge on any atom is -0.216 e. The van der Waals surface area contributed by atoms with Gasteiger partial charge in [-0.3, -0.25) is 0 Å². The van der Waals surface area contributed by atoms with Gasteiger partial charge in [0.15, 0.2) is 0 Å². The third kappa shape index (κ3) is 3.26. The quantitative estimate of drug-likeness (QED) is 0.849. The average Bonchev–Trinajstić information content (AvgIpc) is 2.48. The van der Waals surface area contributed by atoms with E-state index in [0.717, 1.165) is 22.0 Å². The van der Waals surface area contributed by atoms with E-state index in [1.807, 2.05) is 0 Å². The van der Waals surface area contributed by atoms with Crippen molar-refractivity contribution in [2.45, 2.75) is 19.0 Å². The Balaban J connectivity index is 2.29. The Morgan fingerprint density at radius 2 is 1.68 bits per heavy atom. The van der Waals surface area contributed by atoms with Gasteiger partial charge >= 0.3 is 6.18 Å². The molecule has 2 rings (SSSR count). The predicted octanol–water partition coefficient (Wildman–Crippen LogP) is 1.31. The summed E-state index contributed by atoms with van der Waals surface area (Å²) >= 11 is 0.